The zero-order chi connectivity index (χ0) is 18.2. The number of amides is 2. The van der Waals surface area contributed by atoms with Crippen LogP contribution in [0.4, 0.5) is 0 Å². The van der Waals surface area contributed by atoms with Crippen LogP contribution in [0.25, 0.3) is 0 Å². The summed E-state index contributed by atoms with van der Waals surface area (Å²) in [5.41, 5.74) is 0.937. The van der Waals surface area contributed by atoms with E-state index >= 15 is 0 Å². The Morgan fingerprint density at radius 2 is 2.00 bits per heavy atom. The number of carbonyl (C=O) groups excluding carboxylic acids is 2. The van der Waals surface area contributed by atoms with Gasteiger partial charge in [-0.2, -0.15) is 0 Å². The molecule has 1 fully saturated rings. The average Bonchev–Trinajstić information content (AvgIpc) is 2.62. The van der Waals surface area contributed by atoms with Crippen molar-refractivity contribution in [1.29, 1.82) is 0 Å². The van der Waals surface area contributed by atoms with Crippen LogP contribution in [-0.4, -0.2) is 68.3 Å². The summed E-state index contributed by atoms with van der Waals surface area (Å²) in [4.78, 5) is 26.1. The third-order valence-corrected chi connectivity index (χ3v) is 4.05. The molecule has 0 bridgehead atoms. The molecule has 0 spiro atoms. The van der Waals surface area contributed by atoms with Gasteiger partial charge in [0.15, 0.2) is 0 Å². The van der Waals surface area contributed by atoms with E-state index in [-0.39, 0.29) is 31.4 Å². The molecule has 0 aliphatic carbocycles. The molecule has 0 unspecified atom stereocenters. The number of piperazine rings is 1. The minimum absolute atomic E-state index is 0.0485. The van der Waals surface area contributed by atoms with E-state index < -0.39 is 6.04 Å². The SMILES string of the molecule is COc1cc(CN2CCNC(=O)[C@@H]2CC(=O)NCCO)cc(OC)c1. The number of carbonyl (C=O) groups is 2. The molecule has 8 nitrogen and oxygen atoms in total. The van der Waals surface area contributed by atoms with Gasteiger partial charge < -0.3 is 25.2 Å². The molecule has 1 aromatic rings. The van der Waals surface area contributed by atoms with Gasteiger partial charge >= 0.3 is 0 Å². The molecule has 25 heavy (non-hydrogen) atoms. The Labute approximate surface area is 147 Å². The first-order chi connectivity index (χ1) is 12.1. The van der Waals surface area contributed by atoms with E-state index in [1.807, 2.05) is 17.0 Å². The van der Waals surface area contributed by atoms with Crippen LogP contribution in [0.1, 0.15) is 12.0 Å². The average molecular weight is 351 g/mol. The number of rotatable bonds is 8. The summed E-state index contributed by atoms with van der Waals surface area (Å²) in [6, 6.07) is 5.01. The molecule has 1 aliphatic heterocycles. The molecule has 3 N–H and O–H groups in total. The highest BCUT2D eigenvalue weighted by Gasteiger charge is 2.31. The van der Waals surface area contributed by atoms with E-state index in [1.165, 1.54) is 0 Å². The third kappa shape index (κ3) is 5.33. The summed E-state index contributed by atoms with van der Waals surface area (Å²) < 4.78 is 10.6. The monoisotopic (exact) mass is 351 g/mol. The number of nitrogens with one attached hydrogen (secondary N) is 2. The first-order valence-electron chi connectivity index (χ1n) is 8.18. The Bertz CT molecular complexity index is 586. The molecule has 2 amide bonds. The molecule has 0 radical (unpaired) electrons. The molecular formula is C17H25N3O5. The number of aliphatic hydroxyl groups excluding tert-OH is 1. The standard InChI is InChI=1S/C17H25N3O5/c1-24-13-7-12(8-14(9-13)25-2)11-20-5-3-19-17(23)15(20)10-16(22)18-4-6-21/h7-9,15,21H,3-6,10-11H2,1-2H3,(H,18,22)(H,19,23)/t15-/m0/s1. The quantitative estimate of drug-likeness (QED) is 0.584. The van der Waals surface area contributed by atoms with E-state index in [4.69, 9.17) is 14.6 Å². The zero-order valence-corrected chi connectivity index (χ0v) is 14.6. The molecule has 0 saturated carbocycles. The summed E-state index contributed by atoms with van der Waals surface area (Å²) in [5.74, 6) is 0.922. The number of aliphatic hydroxyl groups is 1. The van der Waals surface area contributed by atoms with Crippen LogP contribution in [0.5, 0.6) is 11.5 Å². The van der Waals surface area contributed by atoms with Crippen LogP contribution in [0.15, 0.2) is 18.2 Å². The van der Waals surface area contributed by atoms with Crippen molar-refractivity contribution >= 4 is 11.8 Å². The second-order valence-electron chi connectivity index (χ2n) is 5.78. The highest BCUT2D eigenvalue weighted by molar-refractivity contribution is 5.88. The second-order valence-corrected chi connectivity index (χ2v) is 5.78. The Balaban J connectivity index is 2.11. The third-order valence-electron chi connectivity index (χ3n) is 4.05. The van der Waals surface area contributed by atoms with Gasteiger partial charge in [0, 0.05) is 32.2 Å². The maximum Gasteiger partial charge on any atom is 0.237 e. The maximum atomic E-state index is 12.2. The van der Waals surface area contributed by atoms with Gasteiger partial charge in [0.1, 0.15) is 11.5 Å². The van der Waals surface area contributed by atoms with Gasteiger partial charge in [-0.25, -0.2) is 0 Å². The molecule has 1 saturated heterocycles. The smallest absolute Gasteiger partial charge is 0.237 e. The maximum absolute atomic E-state index is 12.2. The number of ether oxygens (including phenoxy) is 2. The van der Waals surface area contributed by atoms with Gasteiger partial charge in [0.25, 0.3) is 0 Å². The van der Waals surface area contributed by atoms with Crippen molar-refractivity contribution in [2.24, 2.45) is 0 Å². The number of hydrogen-bond acceptors (Lipinski definition) is 6. The molecular weight excluding hydrogens is 326 g/mol. The molecule has 1 aromatic carbocycles. The van der Waals surface area contributed by atoms with Crippen molar-refractivity contribution in [1.82, 2.24) is 15.5 Å². The molecule has 138 valence electrons. The van der Waals surface area contributed by atoms with E-state index in [2.05, 4.69) is 10.6 Å². The van der Waals surface area contributed by atoms with Crippen LogP contribution < -0.4 is 20.1 Å². The lowest BCUT2D eigenvalue weighted by molar-refractivity contribution is -0.134. The predicted octanol–water partition coefficient (Wildman–Crippen LogP) is -0.497. The topological polar surface area (TPSA) is 100 Å². The number of nitrogens with zero attached hydrogens (tertiary/aromatic N) is 1. The van der Waals surface area contributed by atoms with Crippen molar-refractivity contribution in [2.45, 2.75) is 19.0 Å². The van der Waals surface area contributed by atoms with Crippen molar-refractivity contribution in [3.63, 3.8) is 0 Å². The van der Waals surface area contributed by atoms with Crippen LogP contribution in [0, 0.1) is 0 Å². The summed E-state index contributed by atoms with van der Waals surface area (Å²) in [6.45, 7) is 1.73. The molecule has 2 rings (SSSR count). The Morgan fingerprint density at radius 3 is 2.60 bits per heavy atom. The van der Waals surface area contributed by atoms with Crippen molar-refractivity contribution in [3.8, 4) is 11.5 Å². The molecule has 8 heteroatoms. The van der Waals surface area contributed by atoms with Gasteiger partial charge in [-0.05, 0) is 17.7 Å². The molecule has 1 atom stereocenters. The lowest BCUT2D eigenvalue weighted by Gasteiger charge is -2.34. The minimum Gasteiger partial charge on any atom is -0.497 e. The second kappa shape index (κ2) is 9.24. The lowest BCUT2D eigenvalue weighted by atomic mass is 10.1. The van der Waals surface area contributed by atoms with Gasteiger partial charge in [-0.1, -0.05) is 0 Å². The van der Waals surface area contributed by atoms with E-state index in [9.17, 15) is 9.59 Å². The van der Waals surface area contributed by atoms with E-state index in [1.54, 1.807) is 20.3 Å². The molecule has 0 aromatic heterocycles. The minimum atomic E-state index is -0.551. The van der Waals surface area contributed by atoms with Crippen LogP contribution in [0.2, 0.25) is 0 Å². The van der Waals surface area contributed by atoms with E-state index in [0.29, 0.717) is 31.1 Å². The largest absolute Gasteiger partial charge is 0.497 e. The first-order valence-corrected chi connectivity index (χ1v) is 8.18. The van der Waals surface area contributed by atoms with Crippen molar-refractivity contribution in [2.75, 3.05) is 40.5 Å². The van der Waals surface area contributed by atoms with Gasteiger partial charge in [-0.15, -0.1) is 0 Å². The molecule has 1 aliphatic rings. The fourth-order valence-corrected chi connectivity index (χ4v) is 2.81. The zero-order valence-electron chi connectivity index (χ0n) is 14.6. The summed E-state index contributed by atoms with van der Waals surface area (Å²) in [5, 5.41) is 14.2. The fraction of sp³-hybridized carbons (Fsp3) is 0.529. The van der Waals surface area contributed by atoms with Gasteiger partial charge in [0.2, 0.25) is 11.8 Å². The van der Waals surface area contributed by atoms with E-state index in [0.717, 1.165) is 5.56 Å². The summed E-state index contributed by atoms with van der Waals surface area (Å²) in [7, 11) is 3.17. The Morgan fingerprint density at radius 1 is 1.32 bits per heavy atom. The van der Waals surface area contributed by atoms with Crippen LogP contribution in [-0.2, 0) is 16.1 Å². The van der Waals surface area contributed by atoms with Gasteiger partial charge in [-0.3, -0.25) is 14.5 Å². The van der Waals surface area contributed by atoms with Crippen LogP contribution >= 0.6 is 0 Å². The van der Waals surface area contributed by atoms with Gasteiger partial charge in [0.05, 0.1) is 33.3 Å². The van der Waals surface area contributed by atoms with Crippen molar-refractivity contribution < 1.29 is 24.2 Å². The number of hydrogen-bond donors (Lipinski definition) is 3. The molecule has 1 heterocycles. The fourth-order valence-electron chi connectivity index (χ4n) is 2.81. The highest BCUT2D eigenvalue weighted by atomic mass is 16.5. The Hall–Kier alpha value is -2.32. The normalized spacial score (nSPS) is 17.7. The lowest BCUT2D eigenvalue weighted by Crippen LogP contribution is -2.56. The number of benzene rings is 1. The Kier molecular flexibility index (Phi) is 7.03. The number of methoxy groups -OCH3 is 2. The van der Waals surface area contributed by atoms with Crippen molar-refractivity contribution in [3.05, 3.63) is 23.8 Å². The highest BCUT2D eigenvalue weighted by Crippen LogP contribution is 2.24. The first kappa shape index (κ1) is 19.0. The summed E-state index contributed by atoms with van der Waals surface area (Å²) in [6.07, 6.45) is 0.0485. The van der Waals surface area contributed by atoms with Crippen LogP contribution in [0.3, 0.4) is 0 Å². The predicted molar refractivity (Wildman–Crippen MR) is 91.5 cm³/mol. The summed E-state index contributed by atoms with van der Waals surface area (Å²) >= 11 is 0.